The molecule has 3 aromatic rings. The maximum Gasteiger partial charge on any atom is 0.137 e. The van der Waals surface area contributed by atoms with E-state index in [0.29, 0.717) is 12.2 Å². The van der Waals surface area contributed by atoms with Crippen LogP contribution >= 0.6 is 0 Å². The number of fused-ring (bicyclic) bond motifs is 1. The molecule has 0 aliphatic rings. The summed E-state index contributed by atoms with van der Waals surface area (Å²) in [5, 5.41) is 0.883. The van der Waals surface area contributed by atoms with Crippen molar-refractivity contribution in [3.8, 4) is 5.75 Å². The molecule has 0 fully saturated rings. The Labute approximate surface area is 110 Å². The highest BCUT2D eigenvalue weighted by molar-refractivity contribution is 5.80. The van der Waals surface area contributed by atoms with E-state index in [1.807, 2.05) is 31.2 Å². The lowest BCUT2D eigenvalue weighted by Gasteiger charge is -2.05. The van der Waals surface area contributed by atoms with Crippen molar-refractivity contribution in [2.45, 2.75) is 13.5 Å². The van der Waals surface area contributed by atoms with E-state index >= 15 is 0 Å². The second kappa shape index (κ2) is 4.76. The van der Waals surface area contributed by atoms with E-state index in [2.05, 4.69) is 0 Å². The van der Waals surface area contributed by atoms with Crippen LogP contribution < -0.4 is 4.74 Å². The summed E-state index contributed by atoms with van der Waals surface area (Å²) in [5.41, 5.74) is 2.61. The van der Waals surface area contributed by atoms with Gasteiger partial charge in [0, 0.05) is 17.0 Å². The molecule has 0 spiro atoms. The second-order valence-corrected chi connectivity index (χ2v) is 4.51. The number of furan rings is 1. The van der Waals surface area contributed by atoms with Gasteiger partial charge in [0.25, 0.3) is 0 Å². The predicted octanol–water partition coefficient (Wildman–Crippen LogP) is 4.46. The highest BCUT2D eigenvalue weighted by Gasteiger charge is 2.07. The fraction of sp³-hybridized carbons (Fsp3) is 0.125. The van der Waals surface area contributed by atoms with Gasteiger partial charge in [0.15, 0.2) is 0 Å². The van der Waals surface area contributed by atoms with Crippen molar-refractivity contribution < 1.29 is 13.5 Å². The van der Waals surface area contributed by atoms with E-state index in [1.54, 1.807) is 12.3 Å². The first kappa shape index (κ1) is 11.8. The molecule has 96 valence electrons. The molecular weight excluding hydrogens is 243 g/mol. The molecule has 3 heteroatoms. The lowest BCUT2D eigenvalue weighted by Crippen LogP contribution is -1.94. The first-order chi connectivity index (χ1) is 9.22. The zero-order chi connectivity index (χ0) is 13.2. The fourth-order valence-electron chi connectivity index (χ4n) is 2.04. The molecule has 0 bridgehead atoms. The predicted molar refractivity (Wildman–Crippen MR) is 71.7 cm³/mol. The third kappa shape index (κ3) is 2.45. The lowest BCUT2D eigenvalue weighted by molar-refractivity contribution is 0.306. The van der Waals surface area contributed by atoms with Gasteiger partial charge in [0.1, 0.15) is 23.8 Å². The molecule has 0 aliphatic heterocycles. The molecule has 2 nitrogen and oxygen atoms in total. The summed E-state index contributed by atoms with van der Waals surface area (Å²) in [6.45, 7) is 2.42. The molecule has 0 unspecified atom stereocenters. The Morgan fingerprint density at radius 3 is 2.89 bits per heavy atom. The third-order valence-corrected chi connectivity index (χ3v) is 3.00. The summed E-state index contributed by atoms with van der Waals surface area (Å²) in [6, 6.07) is 12.4. The number of ether oxygens (including phenoxy) is 1. The van der Waals surface area contributed by atoms with Gasteiger partial charge in [-0.25, -0.2) is 4.39 Å². The monoisotopic (exact) mass is 256 g/mol. The van der Waals surface area contributed by atoms with Crippen LogP contribution in [0.25, 0.3) is 11.0 Å². The smallest absolute Gasteiger partial charge is 0.137 e. The van der Waals surface area contributed by atoms with E-state index in [0.717, 1.165) is 22.3 Å². The molecule has 3 rings (SSSR count). The zero-order valence-electron chi connectivity index (χ0n) is 10.5. The van der Waals surface area contributed by atoms with Gasteiger partial charge in [-0.1, -0.05) is 12.1 Å². The van der Waals surface area contributed by atoms with Crippen molar-refractivity contribution in [1.82, 2.24) is 0 Å². The number of rotatable bonds is 3. The van der Waals surface area contributed by atoms with Crippen LogP contribution in [-0.4, -0.2) is 0 Å². The Morgan fingerprint density at radius 1 is 1.16 bits per heavy atom. The van der Waals surface area contributed by atoms with Crippen molar-refractivity contribution in [3.63, 3.8) is 0 Å². The van der Waals surface area contributed by atoms with Crippen LogP contribution in [-0.2, 0) is 6.61 Å². The van der Waals surface area contributed by atoms with Crippen LogP contribution in [0.5, 0.6) is 5.75 Å². The topological polar surface area (TPSA) is 22.4 Å². The molecule has 0 N–H and O–H groups in total. The van der Waals surface area contributed by atoms with E-state index in [4.69, 9.17) is 9.15 Å². The Hall–Kier alpha value is -2.29. The molecule has 0 atom stereocenters. The van der Waals surface area contributed by atoms with E-state index in [1.165, 1.54) is 12.1 Å². The molecule has 19 heavy (non-hydrogen) atoms. The quantitative estimate of drug-likeness (QED) is 0.690. The zero-order valence-corrected chi connectivity index (χ0v) is 10.5. The number of hydrogen-bond acceptors (Lipinski definition) is 2. The van der Waals surface area contributed by atoms with Gasteiger partial charge in [0.2, 0.25) is 0 Å². The average molecular weight is 256 g/mol. The van der Waals surface area contributed by atoms with Crippen LogP contribution in [0.3, 0.4) is 0 Å². The molecule has 0 radical (unpaired) electrons. The van der Waals surface area contributed by atoms with Gasteiger partial charge in [-0.3, -0.25) is 0 Å². The minimum absolute atomic E-state index is 0.298. The highest BCUT2D eigenvalue weighted by atomic mass is 19.1. The lowest BCUT2D eigenvalue weighted by atomic mass is 10.2. The van der Waals surface area contributed by atoms with Crippen molar-refractivity contribution in [2.24, 2.45) is 0 Å². The molecule has 0 saturated heterocycles. The van der Waals surface area contributed by atoms with Gasteiger partial charge in [-0.05, 0) is 36.8 Å². The van der Waals surface area contributed by atoms with Crippen molar-refractivity contribution in [1.29, 1.82) is 0 Å². The average Bonchev–Trinajstić information content (AvgIpc) is 2.78. The number of halogens is 1. The molecule has 0 aliphatic carbocycles. The van der Waals surface area contributed by atoms with Crippen molar-refractivity contribution in [3.05, 3.63) is 65.7 Å². The standard InChI is InChI=1S/C16H13FO2/c1-11-3-2-4-14(7-11)18-9-12-10-19-16-8-13(17)5-6-15(12)16/h2-8,10H,9H2,1H3. The summed E-state index contributed by atoms with van der Waals surface area (Å²) in [5.74, 6) is 0.518. The highest BCUT2D eigenvalue weighted by Crippen LogP contribution is 2.23. The molecule has 2 aromatic carbocycles. The number of benzene rings is 2. The van der Waals surface area contributed by atoms with E-state index in [-0.39, 0.29) is 5.82 Å². The van der Waals surface area contributed by atoms with Crippen LogP contribution in [0.2, 0.25) is 0 Å². The Morgan fingerprint density at radius 2 is 2.05 bits per heavy atom. The van der Waals surface area contributed by atoms with Gasteiger partial charge < -0.3 is 9.15 Å². The molecule has 0 amide bonds. The minimum Gasteiger partial charge on any atom is -0.489 e. The van der Waals surface area contributed by atoms with Crippen LogP contribution in [0.1, 0.15) is 11.1 Å². The number of aryl methyl sites for hydroxylation is 1. The second-order valence-electron chi connectivity index (χ2n) is 4.51. The summed E-state index contributed by atoms with van der Waals surface area (Å²) >= 11 is 0. The van der Waals surface area contributed by atoms with E-state index < -0.39 is 0 Å². The van der Waals surface area contributed by atoms with Crippen LogP contribution in [0.15, 0.2) is 53.1 Å². The summed E-state index contributed by atoms with van der Waals surface area (Å²) in [7, 11) is 0. The maximum atomic E-state index is 13.0. The van der Waals surface area contributed by atoms with E-state index in [9.17, 15) is 4.39 Å². The van der Waals surface area contributed by atoms with Gasteiger partial charge in [-0.15, -0.1) is 0 Å². The normalized spacial score (nSPS) is 10.8. The van der Waals surface area contributed by atoms with Gasteiger partial charge in [0.05, 0.1) is 6.26 Å². The van der Waals surface area contributed by atoms with Gasteiger partial charge in [-0.2, -0.15) is 0 Å². The SMILES string of the molecule is Cc1cccc(OCc2coc3cc(F)ccc23)c1. The summed E-state index contributed by atoms with van der Waals surface area (Å²) in [4.78, 5) is 0. The van der Waals surface area contributed by atoms with Gasteiger partial charge >= 0.3 is 0 Å². The summed E-state index contributed by atoms with van der Waals surface area (Å²) in [6.07, 6.45) is 1.61. The summed E-state index contributed by atoms with van der Waals surface area (Å²) < 4.78 is 24.1. The first-order valence-electron chi connectivity index (χ1n) is 6.07. The third-order valence-electron chi connectivity index (χ3n) is 3.00. The molecule has 0 saturated carbocycles. The Bertz CT molecular complexity index is 716. The Balaban J connectivity index is 1.82. The van der Waals surface area contributed by atoms with Crippen LogP contribution in [0.4, 0.5) is 4.39 Å². The maximum absolute atomic E-state index is 13.0. The fourth-order valence-corrected chi connectivity index (χ4v) is 2.04. The molecule has 1 aromatic heterocycles. The Kier molecular flexibility index (Phi) is 2.95. The minimum atomic E-state index is -0.298. The molecular formula is C16H13FO2. The largest absolute Gasteiger partial charge is 0.489 e. The van der Waals surface area contributed by atoms with Crippen molar-refractivity contribution >= 4 is 11.0 Å². The van der Waals surface area contributed by atoms with Crippen molar-refractivity contribution in [2.75, 3.05) is 0 Å². The first-order valence-corrected chi connectivity index (χ1v) is 6.07. The van der Waals surface area contributed by atoms with Crippen LogP contribution in [0, 0.1) is 12.7 Å². The number of hydrogen-bond donors (Lipinski definition) is 0. The molecule has 1 heterocycles.